The predicted molar refractivity (Wildman–Crippen MR) is 349 cm³/mol. The van der Waals surface area contributed by atoms with E-state index < -0.39 is 16.1 Å². The second kappa shape index (κ2) is 18.1. The average molecular weight is 1080 g/mol. The van der Waals surface area contributed by atoms with Gasteiger partial charge in [-0.1, -0.05) is 267 Å². The Kier molecular flexibility index (Phi) is 10.3. The van der Waals surface area contributed by atoms with Gasteiger partial charge < -0.3 is 0 Å². The van der Waals surface area contributed by atoms with E-state index in [1.54, 1.807) is 0 Å². The normalized spacial score (nSPS) is 12.4. The Morgan fingerprint density at radius 1 is 0.232 bits per heavy atom. The van der Waals surface area contributed by atoms with Gasteiger partial charge in [0.25, 0.3) is 0 Å². The Labute approximate surface area is 475 Å². The zero-order valence-electron chi connectivity index (χ0n) is 44.7. The van der Waals surface area contributed by atoms with Crippen LogP contribution in [0.15, 0.2) is 304 Å². The maximum absolute atomic E-state index is 5.34. The maximum Gasteiger partial charge on any atom is 0.179 e. The van der Waals surface area contributed by atoms with Gasteiger partial charge in [-0.3, -0.25) is 8.80 Å². The van der Waals surface area contributed by atoms with E-state index in [4.69, 9.17) is 9.97 Å². The van der Waals surface area contributed by atoms with Crippen LogP contribution in [0, 0.1) is 0 Å². The van der Waals surface area contributed by atoms with Gasteiger partial charge in [-0.15, -0.1) is 0 Å². The highest BCUT2D eigenvalue weighted by Gasteiger charge is 2.44. The lowest BCUT2D eigenvalue weighted by molar-refractivity contribution is 1.26. The number of aromatic nitrogens is 4. The third-order valence-electron chi connectivity index (χ3n) is 17.9. The van der Waals surface area contributed by atoms with Gasteiger partial charge in [-0.25, -0.2) is 9.97 Å². The molecule has 0 N–H and O–H groups in total. The van der Waals surface area contributed by atoms with E-state index in [1.807, 2.05) is 12.4 Å². The number of fused-ring (bicyclic) bond motifs is 12. The summed E-state index contributed by atoms with van der Waals surface area (Å²) in [7, 11) is -5.99. The Balaban J connectivity index is 1.09. The van der Waals surface area contributed by atoms with Crippen LogP contribution in [0.5, 0.6) is 0 Å². The minimum absolute atomic E-state index is 0.953. The van der Waals surface area contributed by atoms with E-state index >= 15 is 0 Å². The van der Waals surface area contributed by atoms with Gasteiger partial charge in [0.1, 0.15) is 11.3 Å². The third kappa shape index (κ3) is 6.36. The second-order valence-corrected chi connectivity index (χ2v) is 29.5. The highest BCUT2D eigenvalue weighted by Crippen LogP contribution is 2.53. The number of nitrogens with zero attached hydrogens (tertiary/aromatic N) is 4. The highest BCUT2D eigenvalue weighted by atomic mass is 28.3. The van der Waals surface area contributed by atoms with Gasteiger partial charge in [0.2, 0.25) is 0 Å². The molecule has 6 aromatic heterocycles. The molecular formula is C76H50N4Si2. The van der Waals surface area contributed by atoms with Crippen LogP contribution in [0.3, 0.4) is 0 Å². The molecule has 17 rings (SSSR count). The molecule has 0 saturated carbocycles. The first kappa shape index (κ1) is 46.6. The van der Waals surface area contributed by atoms with Crippen LogP contribution in [-0.4, -0.2) is 34.9 Å². The van der Waals surface area contributed by atoms with Crippen molar-refractivity contribution in [1.29, 1.82) is 0 Å². The lowest BCUT2D eigenvalue weighted by atomic mass is 9.89. The van der Waals surface area contributed by atoms with Crippen molar-refractivity contribution in [2.24, 2.45) is 0 Å². The highest BCUT2D eigenvalue weighted by molar-refractivity contribution is 7.20. The molecule has 0 atom stereocenters. The Morgan fingerprint density at radius 3 is 0.841 bits per heavy atom. The molecule has 6 heterocycles. The molecule has 6 heteroatoms. The molecule has 82 heavy (non-hydrogen) atoms. The first-order chi connectivity index (χ1) is 40.7. The third-order valence-corrected chi connectivity index (χ3v) is 27.5. The molecule has 0 bridgehead atoms. The molecule has 0 aliphatic carbocycles. The van der Waals surface area contributed by atoms with E-state index in [9.17, 15) is 0 Å². The van der Waals surface area contributed by atoms with Gasteiger partial charge in [0.05, 0.1) is 22.1 Å². The summed E-state index contributed by atoms with van der Waals surface area (Å²) in [6.45, 7) is 0. The zero-order valence-corrected chi connectivity index (χ0v) is 46.7. The predicted octanol–water partition coefficient (Wildman–Crippen LogP) is 12.9. The van der Waals surface area contributed by atoms with Gasteiger partial charge in [0, 0.05) is 66.6 Å². The molecule has 0 aliphatic rings. The van der Waals surface area contributed by atoms with E-state index in [2.05, 4.69) is 300 Å². The molecule has 0 amide bonds. The Hall–Kier alpha value is -10.2. The fourth-order valence-electron chi connectivity index (χ4n) is 14.8. The molecule has 0 unspecified atom stereocenters. The second-order valence-electron chi connectivity index (χ2n) is 21.9. The smallest absolute Gasteiger partial charge is 0.179 e. The Morgan fingerprint density at radius 2 is 0.512 bits per heavy atom. The number of para-hydroxylation sites is 2. The van der Waals surface area contributed by atoms with Crippen molar-refractivity contribution < 1.29 is 0 Å². The Bertz CT molecular complexity index is 4730. The summed E-state index contributed by atoms with van der Waals surface area (Å²) in [5.74, 6) is 0. The van der Waals surface area contributed by atoms with E-state index in [0.29, 0.717) is 0 Å². The molecule has 382 valence electrons. The van der Waals surface area contributed by atoms with Crippen LogP contribution in [0.1, 0.15) is 0 Å². The van der Waals surface area contributed by atoms with Gasteiger partial charge >= 0.3 is 0 Å². The monoisotopic (exact) mass is 1070 g/mol. The summed E-state index contributed by atoms with van der Waals surface area (Å²) in [5.41, 5.74) is 11.3. The standard InChI is InChI=1S/C76H50N4Si2/c1-7-27-53(28-8-1)81(54-29-9-2-10-30-54,55-31-11-3-12-32-55)59-39-19-25-51(49-59)67-69-65-43-21-41-61-64-46-24-48-78-76(64)80(71(61)65)74(69)68(70-66-44-22-42-62-63-45-23-47-77-75(63)79(72(62)66)73(67)70)52-26-20-40-60(50-52)82(56-33-13-4-14-34-56,57-35-15-5-16-36-57)58-37-17-6-18-38-58/h1-50H. The van der Waals surface area contributed by atoms with Gasteiger partial charge in [-0.05, 0) is 76.9 Å². The van der Waals surface area contributed by atoms with Crippen LogP contribution in [0.4, 0.5) is 0 Å². The average Bonchev–Trinajstić information content (AvgIpc) is 2.98. The van der Waals surface area contributed by atoms with Crippen molar-refractivity contribution in [2.45, 2.75) is 0 Å². The number of benzene rings is 11. The van der Waals surface area contributed by atoms with Crippen LogP contribution < -0.4 is 41.5 Å². The summed E-state index contributed by atoms with van der Waals surface area (Å²) in [5, 5.41) is 20.1. The van der Waals surface area contributed by atoms with Crippen molar-refractivity contribution in [3.05, 3.63) is 304 Å². The van der Waals surface area contributed by atoms with Crippen LogP contribution in [-0.2, 0) is 0 Å². The molecule has 0 fully saturated rings. The molecule has 11 aromatic carbocycles. The maximum atomic E-state index is 5.34. The summed E-state index contributed by atoms with van der Waals surface area (Å²) < 4.78 is 5.06. The largest absolute Gasteiger partial charge is 0.292 e. The fraction of sp³-hybridized carbons (Fsp3) is 0. The first-order valence-electron chi connectivity index (χ1n) is 28.3. The van der Waals surface area contributed by atoms with Crippen molar-refractivity contribution in [3.63, 3.8) is 0 Å². The topological polar surface area (TPSA) is 34.6 Å². The fourth-order valence-corrected chi connectivity index (χ4v) is 24.4. The van der Waals surface area contributed by atoms with Crippen molar-refractivity contribution in [1.82, 2.24) is 18.8 Å². The minimum atomic E-state index is -3.00. The molecule has 0 saturated heterocycles. The SMILES string of the molecule is c1ccc([Si](c2ccccc2)(c2ccccc2)c2cccc(-c3c4c5cccc6c7cccnc7n(c4c(-c4cccc([Si](c7ccccc7)(c7ccccc7)c7ccccc7)c4)c4c7cccc8c9cccnc9n(c34)c87)c65)c2)cc1. The van der Waals surface area contributed by atoms with E-state index in [1.165, 1.54) is 96.0 Å². The van der Waals surface area contributed by atoms with Crippen LogP contribution in [0.25, 0.3) is 98.7 Å². The van der Waals surface area contributed by atoms with Crippen LogP contribution >= 0.6 is 0 Å². The van der Waals surface area contributed by atoms with Crippen molar-refractivity contribution in [3.8, 4) is 22.3 Å². The van der Waals surface area contributed by atoms with E-state index in [0.717, 1.165) is 44.2 Å². The van der Waals surface area contributed by atoms with Crippen molar-refractivity contribution in [2.75, 3.05) is 0 Å². The minimum Gasteiger partial charge on any atom is -0.292 e. The molecule has 17 aromatic rings. The van der Waals surface area contributed by atoms with Gasteiger partial charge in [-0.2, -0.15) is 0 Å². The van der Waals surface area contributed by atoms with E-state index in [-0.39, 0.29) is 0 Å². The molecular weight excluding hydrogens is 1030 g/mol. The molecule has 4 nitrogen and oxygen atoms in total. The number of hydrogen-bond acceptors (Lipinski definition) is 2. The summed E-state index contributed by atoms with van der Waals surface area (Å²) >= 11 is 0. The first-order valence-corrected chi connectivity index (χ1v) is 32.3. The molecule has 0 radical (unpaired) electrons. The summed E-state index contributed by atoms with van der Waals surface area (Å²) in [4.78, 5) is 10.7. The number of pyridine rings is 2. The number of hydrogen-bond donors (Lipinski definition) is 0. The quantitative estimate of drug-likeness (QED) is 0.101. The number of rotatable bonds is 10. The molecule has 0 aliphatic heterocycles. The zero-order chi connectivity index (χ0) is 53.9. The summed E-state index contributed by atoms with van der Waals surface area (Å²) in [6.07, 6.45) is 3.93. The van der Waals surface area contributed by atoms with Gasteiger partial charge in [0.15, 0.2) is 16.1 Å². The lowest BCUT2D eigenvalue weighted by Crippen LogP contribution is -2.74. The summed E-state index contributed by atoms with van der Waals surface area (Å²) in [6, 6.07) is 110. The lowest BCUT2D eigenvalue weighted by Gasteiger charge is -2.35. The van der Waals surface area contributed by atoms with Crippen molar-refractivity contribution >= 4 is 134 Å². The molecule has 0 spiro atoms. The van der Waals surface area contributed by atoms with Crippen LogP contribution in [0.2, 0.25) is 0 Å².